The molecule has 0 aliphatic carbocycles. The second kappa shape index (κ2) is 10.4. The monoisotopic (exact) mass is 526 g/mol. The van der Waals surface area contributed by atoms with Gasteiger partial charge >= 0.3 is 11.9 Å². The average molecular weight is 527 g/mol. The maximum atomic E-state index is 14.3. The number of esters is 2. The van der Waals surface area contributed by atoms with E-state index in [0.717, 1.165) is 5.56 Å². The molecule has 37 heavy (non-hydrogen) atoms. The molecule has 0 bridgehead atoms. The molecular formula is C29H38N2O5S. The molecule has 0 fully saturated rings. The fourth-order valence-electron chi connectivity index (χ4n) is 4.61. The van der Waals surface area contributed by atoms with Crippen LogP contribution in [0.1, 0.15) is 88.8 Å². The smallest absolute Gasteiger partial charge is 0.336 e. The summed E-state index contributed by atoms with van der Waals surface area (Å²) in [4.78, 5) is 47.3. The van der Waals surface area contributed by atoms with Gasteiger partial charge in [-0.25, -0.2) is 14.6 Å². The van der Waals surface area contributed by atoms with Crippen molar-refractivity contribution in [3.05, 3.63) is 63.6 Å². The lowest BCUT2D eigenvalue weighted by Gasteiger charge is -2.41. The lowest BCUT2D eigenvalue weighted by molar-refractivity contribution is -0.166. The third-order valence-corrected chi connectivity index (χ3v) is 7.00. The van der Waals surface area contributed by atoms with E-state index in [1.165, 1.54) is 23.3 Å². The Morgan fingerprint density at radius 2 is 1.70 bits per heavy atom. The van der Waals surface area contributed by atoms with E-state index in [1.54, 1.807) is 50.6 Å². The third kappa shape index (κ3) is 5.95. The number of carbonyl (C=O) groups is 3. The molecule has 0 spiro atoms. The van der Waals surface area contributed by atoms with Gasteiger partial charge in [0.2, 0.25) is 0 Å². The van der Waals surface area contributed by atoms with Crippen molar-refractivity contribution in [1.29, 1.82) is 0 Å². The highest BCUT2D eigenvalue weighted by atomic mass is 32.1. The van der Waals surface area contributed by atoms with Crippen molar-refractivity contribution in [2.75, 3.05) is 7.11 Å². The van der Waals surface area contributed by atoms with E-state index in [0.29, 0.717) is 10.6 Å². The van der Waals surface area contributed by atoms with Crippen LogP contribution in [0.5, 0.6) is 0 Å². The molecule has 3 rings (SSSR count). The highest BCUT2D eigenvalue weighted by molar-refractivity contribution is 7.09. The molecule has 1 unspecified atom stereocenters. The maximum absolute atomic E-state index is 14.3. The van der Waals surface area contributed by atoms with E-state index in [2.05, 4.69) is 25.8 Å². The quantitative estimate of drug-likeness (QED) is 0.438. The van der Waals surface area contributed by atoms with Gasteiger partial charge in [0, 0.05) is 17.1 Å². The zero-order chi connectivity index (χ0) is 27.8. The normalized spacial score (nSPS) is 20.1. The molecule has 7 nitrogen and oxygen atoms in total. The molecule has 0 saturated carbocycles. The predicted molar refractivity (Wildman–Crippen MR) is 144 cm³/mol. The van der Waals surface area contributed by atoms with Gasteiger partial charge in [0.15, 0.2) is 5.54 Å². The first-order chi connectivity index (χ1) is 17.1. The highest BCUT2D eigenvalue weighted by Crippen LogP contribution is 2.48. The second-order valence-corrected chi connectivity index (χ2v) is 12.8. The summed E-state index contributed by atoms with van der Waals surface area (Å²) in [7, 11) is 1.29. The standard InChI is InChI=1S/C29H38N2O5S/c1-18(2)16-29(26(34)36-28(6,7)8)17-21(25(33)35-9)22(23-30-14-15-37-23)31(29)24(32)19-10-12-20(13-11-19)27(3,4)5/h10-15,17-18,22H,16H2,1-9H3/t22?,29-/m0/s1. The van der Waals surface area contributed by atoms with Crippen LogP contribution >= 0.6 is 11.3 Å². The van der Waals surface area contributed by atoms with Crippen molar-refractivity contribution >= 4 is 29.2 Å². The van der Waals surface area contributed by atoms with Crippen molar-refractivity contribution < 1.29 is 23.9 Å². The Bertz CT molecular complexity index is 1170. The van der Waals surface area contributed by atoms with Crippen LogP contribution in [-0.2, 0) is 24.5 Å². The molecule has 0 saturated heterocycles. The van der Waals surface area contributed by atoms with Crippen LogP contribution in [0, 0.1) is 5.92 Å². The van der Waals surface area contributed by atoms with E-state index >= 15 is 0 Å². The molecule has 0 radical (unpaired) electrons. The Labute approximate surface area is 223 Å². The number of hydrogen-bond donors (Lipinski definition) is 0. The Balaban J connectivity index is 2.27. The van der Waals surface area contributed by atoms with E-state index in [1.807, 2.05) is 26.0 Å². The first kappa shape index (κ1) is 28.6. The van der Waals surface area contributed by atoms with Crippen LogP contribution in [-0.4, -0.2) is 46.0 Å². The van der Waals surface area contributed by atoms with Crippen molar-refractivity contribution in [2.24, 2.45) is 5.92 Å². The minimum atomic E-state index is -1.53. The van der Waals surface area contributed by atoms with Crippen LogP contribution in [0.15, 0.2) is 47.5 Å². The van der Waals surface area contributed by atoms with Crippen LogP contribution < -0.4 is 0 Å². The van der Waals surface area contributed by atoms with Crippen LogP contribution in [0.4, 0.5) is 0 Å². The van der Waals surface area contributed by atoms with E-state index in [4.69, 9.17) is 9.47 Å². The second-order valence-electron chi connectivity index (χ2n) is 11.9. The topological polar surface area (TPSA) is 85.8 Å². The Kier molecular flexibility index (Phi) is 8.03. The summed E-state index contributed by atoms with van der Waals surface area (Å²) in [5, 5.41) is 2.30. The molecule has 1 amide bonds. The van der Waals surface area contributed by atoms with Gasteiger partial charge in [-0.2, -0.15) is 0 Å². The van der Waals surface area contributed by atoms with Crippen molar-refractivity contribution in [3.63, 3.8) is 0 Å². The highest BCUT2D eigenvalue weighted by Gasteiger charge is 2.58. The SMILES string of the molecule is COC(=O)C1=C[C@@](CC(C)C)(C(=O)OC(C)(C)C)N(C(=O)c2ccc(C(C)(C)C)cc2)C1c1nccs1. The third-order valence-electron chi connectivity index (χ3n) is 6.17. The Hall–Kier alpha value is -3.00. The predicted octanol–water partition coefficient (Wildman–Crippen LogP) is 5.86. The first-order valence-corrected chi connectivity index (χ1v) is 13.4. The minimum absolute atomic E-state index is 0.00345. The maximum Gasteiger partial charge on any atom is 0.336 e. The molecule has 1 aromatic heterocycles. The summed E-state index contributed by atoms with van der Waals surface area (Å²) < 4.78 is 11.0. The fourth-order valence-corrected chi connectivity index (χ4v) is 5.36. The lowest BCUT2D eigenvalue weighted by atomic mass is 9.85. The molecule has 2 aromatic rings. The minimum Gasteiger partial charge on any atom is -0.466 e. The number of rotatable bonds is 6. The molecule has 2 heterocycles. The van der Waals surface area contributed by atoms with E-state index in [9.17, 15) is 14.4 Å². The molecule has 0 N–H and O–H groups in total. The zero-order valence-corrected chi connectivity index (χ0v) is 24.1. The largest absolute Gasteiger partial charge is 0.466 e. The fraction of sp³-hybridized carbons (Fsp3) is 0.517. The molecule has 8 heteroatoms. The Morgan fingerprint density at radius 1 is 1.08 bits per heavy atom. The number of nitrogens with zero attached hydrogens (tertiary/aromatic N) is 2. The van der Waals surface area contributed by atoms with E-state index in [-0.39, 0.29) is 29.2 Å². The molecule has 2 atom stereocenters. The molecule has 1 aliphatic heterocycles. The summed E-state index contributed by atoms with van der Waals surface area (Å²) in [5.74, 6) is -1.59. The van der Waals surface area contributed by atoms with Gasteiger partial charge in [0.05, 0.1) is 12.7 Å². The average Bonchev–Trinajstić information content (AvgIpc) is 3.43. The molecular weight excluding hydrogens is 488 g/mol. The van der Waals surface area contributed by atoms with Crippen molar-refractivity contribution in [3.8, 4) is 0 Å². The van der Waals surface area contributed by atoms with Gasteiger partial charge in [-0.1, -0.05) is 46.8 Å². The summed E-state index contributed by atoms with van der Waals surface area (Å²) >= 11 is 1.31. The lowest BCUT2D eigenvalue weighted by Crippen LogP contribution is -2.56. The number of benzene rings is 1. The zero-order valence-electron chi connectivity index (χ0n) is 23.2. The summed E-state index contributed by atoms with van der Waals surface area (Å²) in [6.45, 7) is 15.6. The van der Waals surface area contributed by atoms with Gasteiger partial charge in [0.1, 0.15) is 16.7 Å². The van der Waals surface area contributed by atoms with Gasteiger partial charge in [0.25, 0.3) is 5.91 Å². The number of aromatic nitrogens is 1. The van der Waals surface area contributed by atoms with E-state index < -0.39 is 29.1 Å². The Morgan fingerprint density at radius 3 is 2.16 bits per heavy atom. The number of methoxy groups -OCH3 is 1. The number of ether oxygens (including phenoxy) is 2. The summed E-state index contributed by atoms with van der Waals surface area (Å²) in [6, 6.07) is 6.50. The molecule has 1 aromatic carbocycles. The van der Waals surface area contributed by atoms with Crippen molar-refractivity contribution in [1.82, 2.24) is 9.88 Å². The molecule has 1 aliphatic rings. The summed E-state index contributed by atoms with van der Waals surface area (Å²) in [5.41, 5.74) is -0.731. The van der Waals surface area contributed by atoms with Crippen LogP contribution in [0.2, 0.25) is 0 Å². The first-order valence-electron chi connectivity index (χ1n) is 12.5. The number of carbonyl (C=O) groups excluding carboxylic acids is 3. The number of thiazole rings is 1. The van der Waals surface area contributed by atoms with Gasteiger partial charge in [-0.3, -0.25) is 4.79 Å². The van der Waals surface area contributed by atoms with Gasteiger partial charge in [-0.05, 0) is 62.3 Å². The van der Waals surface area contributed by atoms with Crippen LogP contribution in [0.25, 0.3) is 0 Å². The number of hydrogen-bond acceptors (Lipinski definition) is 7. The van der Waals surface area contributed by atoms with Crippen molar-refractivity contribution in [2.45, 2.75) is 84.4 Å². The van der Waals surface area contributed by atoms with Gasteiger partial charge < -0.3 is 14.4 Å². The van der Waals surface area contributed by atoms with Crippen LogP contribution in [0.3, 0.4) is 0 Å². The molecule has 200 valence electrons. The summed E-state index contributed by atoms with van der Waals surface area (Å²) in [6.07, 6.45) is 3.45. The number of amides is 1. The van der Waals surface area contributed by atoms with Gasteiger partial charge in [-0.15, -0.1) is 11.3 Å².